The lowest BCUT2D eigenvalue weighted by Gasteiger charge is -2.18. The van der Waals surface area contributed by atoms with E-state index < -0.39 is 6.04 Å². The number of nitrogens with one attached hydrogen (secondary N) is 1. The number of imidazole rings is 1. The molecule has 166 valence electrons. The smallest absolute Gasteiger partial charge is 0.274 e. The van der Waals surface area contributed by atoms with Gasteiger partial charge >= 0.3 is 0 Å². The van der Waals surface area contributed by atoms with Crippen LogP contribution in [0.4, 0.5) is 15.8 Å². The molecule has 4 aromatic rings. The van der Waals surface area contributed by atoms with Crippen LogP contribution in [0.1, 0.15) is 29.8 Å². The normalized spacial score (nSPS) is 11.6. The second-order valence-corrected chi connectivity index (χ2v) is 7.63. The fourth-order valence-corrected chi connectivity index (χ4v) is 3.64. The molecule has 0 aliphatic rings. The van der Waals surface area contributed by atoms with E-state index in [0.29, 0.717) is 22.6 Å². The average molecular weight is 443 g/mol. The van der Waals surface area contributed by atoms with E-state index in [2.05, 4.69) is 16.4 Å². The predicted octanol–water partition coefficient (Wildman–Crippen LogP) is 4.71. The van der Waals surface area contributed by atoms with Crippen molar-refractivity contribution in [3.8, 4) is 17.5 Å². The van der Waals surface area contributed by atoms with E-state index in [1.807, 2.05) is 29.8 Å². The van der Waals surface area contributed by atoms with Crippen LogP contribution in [0.25, 0.3) is 5.69 Å². The third-order valence-electron chi connectivity index (χ3n) is 5.37. The number of nitrogens with zero attached hydrogens (tertiary/aromatic N) is 4. The van der Waals surface area contributed by atoms with Crippen molar-refractivity contribution in [3.63, 3.8) is 0 Å². The van der Waals surface area contributed by atoms with E-state index in [1.54, 1.807) is 38.6 Å². The Balaban J connectivity index is 1.72. The van der Waals surface area contributed by atoms with E-state index in [4.69, 9.17) is 4.74 Å². The fraction of sp³-hybridized carbons (Fsp3) is 0.160. The number of aryl methyl sites for hydroxylation is 1. The molecule has 0 saturated carbocycles. The van der Waals surface area contributed by atoms with Gasteiger partial charge in [0.25, 0.3) is 5.56 Å². The van der Waals surface area contributed by atoms with Crippen LogP contribution in [-0.2, 0) is 0 Å². The molecule has 1 atom stereocenters. The Morgan fingerprint density at radius 2 is 2.00 bits per heavy atom. The molecule has 0 radical (unpaired) electrons. The van der Waals surface area contributed by atoms with Gasteiger partial charge in [0.05, 0.1) is 36.4 Å². The number of nitriles is 1. The number of ether oxygens (including phenoxy) is 1. The summed E-state index contributed by atoms with van der Waals surface area (Å²) in [4.78, 5) is 17.5. The Morgan fingerprint density at radius 3 is 2.67 bits per heavy atom. The molecule has 2 heterocycles. The zero-order chi connectivity index (χ0) is 23.5. The maximum atomic E-state index is 13.7. The van der Waals surface area contributed by atoms with Gasteiger partial charge in [0, 0.05) is 24.1 Å². The predicted molar refractivity (Wildman–Crippen MR) is 124 cm³/mol. The van der Waals surface area contributed by atoms with Crippen molar-refractivity contribution in [2.75, 3.05) is 12.4 Å². The first-order chi connectivity index (χ1) is 15.9. The lowest BCUT2D eigenvalue weighted by Crippen LogP contribution is -2.26. The number of benzene rings is 2. The number of methoxy groups -OCH3 is 1. The minimum Gasteiger partial charge on any atom is -0.494 e. The second kappa shape index (κ2) is 9.01. The number of rotatable bonds is 6. The standard InChI is InChI=1S/C25H22FN5O2/c1-16-13-30(15-28-16)23-8-7-21(11-24(23)33-3)29-22-9-18(12-27)14-31(25(22)32)17(2)19-5-4-6-20(26)10-19/h4-11,13-15,17,29H,1-3H3/t17-/m0/s1. The monoisotopic (exact) mass is 443 g/mol. The quantitative estimate of drug-likeness (QED) is 0.466. The van der Waals surface area contributed by atoms with Crippen molar-refractivity contribution in [1.29, 1.82) is 5.26 Å². The van der Waals surface area contributed by atoms with E-state index in [1.165, 1.54) is 29.0 Å². The van der Waals surface area contributed by atoms with E-state index in [0.717, 1.165) is 11.4 Å². The summed E-state index contributed by atoms with van der Waals surface area (Å²) in [6.45, 7) is 3.68. The van der Waals surface area contributed by atoms with Gasteiger partial charge in [-0.15, -0.1) is 0 Å². The highest BCUT2D eigenvalue weighted by molar-refractivity contribution is 5.65. The molecule has 0 unspecified atom stereocenters. The molecule has 0 saturated heterocycles. The van der Waals surface area contributed by atoms with Crippen molar-refractivity contribution in [1.82, 2.24) is 14.1 Å². The molecule has 1 N–H and O–H groups in total. The molecule has 2 aromatic carbocycles. The lowest BCUT2D eigenvalue weighted by atomic mass is 10.1. The van der Waals surface area contributed by atoms with Crippen LogP contribution in [0.3, 0.4) is 0 Å². The van der Waals surface area contributed by atoms with Gasteiger partial charge < -0.3 is 19.2 Å². The fourth-order valence-electron chi connectivity index (χ4n) is 3.64. The molecular weight excluding hydrogens is 421 g/mol. The Morgan fingerprint density at radius 1 is 1.18 bits per heavy atom. The average Bonchev–Trinajstić information content (AvgIpc) is 3.25. The van der Waals surface area contributed by atoms with Crippen molar-refractivity contribution < 1.29 is 9.13 Å². The first-order valence-corrected chi connectivity index (χ1v) is 10.3. The Bertz CT molecular complexity index is 1420. The molecule has 0 fully saturated rings. The maximum absolute atomic E-state index is 13.7. The highest BCUT2D eigenvalue weighted by Crippen LogP contribution is 2.28. The summed E-state index contributed by atoms with van der Waals surface area (Å²) >= 11 is 0. The highest BCUT2D eigenvalue weighted by Gasteiger charge is 2.15. The van der Waals surface area contributed by atoms with E-state index in [9.17, 15) is 14.4 Å². The molecular formula is C25H22FN5O2. The van der Waals surface area contributed by atoms with Gasteiger partial charge in [0.15, 0.2) is 0 Å². The Labute approximate surface area is 190 Å². The van der Waals surface area contributed by atoms with Gasteiger partial charge in [-0.3, -0.25) is 4.79 Å². The number of anilines is 2. The van der Waals surface area contributed by atoms with Crippen LogP contribution in [-0.4, -0.2) is 21.2 Å². The minimum atomic E-state index is -0.469. The molecule has 0 spiro atoms. The number of hydrogen-bond acceptors (Lipinski definition) is 5. The van der Waals surface area contributed by atoms with Crippen LogP contribution in [0, 0.1) is 24.1 Å². The zero-order valence-electron chi connectivity index (χ0n) is 18.4. The van der Waals surface area contributed by atoms with Crippen molar-refractivity contribution in [2.24, 2.45) is 0 Å². The van der Waals surface area contributed by atoms with E-state index in [-0.39, 0.29) is 17.1 Å². The molecule has 8 heteroatoms. The third-order valence-corrected chi connectivity index (χ3v) is 5.37. The number of hydrogen-bond donors (Lipinski definition) is 1. The van der Waals surface area contributed by atoms with Gasteiger partial charge in [-0.05, 0) is 49.7 Å². The van der Waals surface area contributed by atoms with E-state index >= 15 is 0 Å². The molecule has 7 nitrogen and oxygen atoms in total. The molecule has 0 aliphatic carbocycles. The first-order valence-electron chi connectivity index (χ1n) is 10.3. The largest absolute Gasteiger partial charge is 0.494 e. The summed E-state index contributed by atoms with van der Waals surface area (Å²) in [5, 5.41) is 12.6. The lowest BCUT2D eigenvalue weighted by molar-refractivity contribution is 0.413. The molecule has 2 aromatic heterocycles. The van der Waals surface area contributed by atoms with Gasteiger partial charge in [0.2, 0.25) is 0 Å². The zero-order valence-corrected chi connectivity index (χ0v) is 18.4. The summed E-state index contributed by atoms with van der Waals surface area (Å²) in [7, 11) is 1.57. The summed E-state index contributed by atoms with van der Waals surface area (Å²) < 4.78 is 22.5. The minimum absolute atomic E-state index is 0.227. The number of aromatic nitrogens is 3. The SMILES string of the molecule is COc1cc(Nc2cc(C#N)cn([C@@H](C)c3cccc(F)c3)c2=O)ccc1-n1cnc(C)c1. The highest BCUT2D eigenvalue weighted by atomic mass is 19.1. The topological polar surface area (TPSA) is 84.9 Å². The van der Waals surface area contributed by atoms with Crippen LogP contribution in [0.5, 0.6) is 5.75 Å². The van der Waals surface area contributed by atoms with Crippen molar-refractivity contribution in [2.45, 2.75) is 19.9 Å². The van der Waals surface area contributed by atoms with Crippen molar-refractivity contribution in [3.05, 3.63) is 100 Å². The number of halogens is 1. The molecule has 33 heavy (non-hydrogen) atoms. The van der Waals surface area contributed by atoms with Crippen LogP contribution >= 0.6 is 0 Å². The van der Waals surface area contributed by atoms with Crippen molar-refractivity contribution >= 4 is 11.4 Å². The van der Waals surface area contributed by atoms with Crippen LogP contribution < -0.4 is 15.6 Å². The number of pyridine rings is 1. The Hall–Kier alpha value is -4.38. The summed E-state index contributed by atoms with van der Waals surface area (Å²) in [5.41, 5.74) is 3.11. The Kier molecular flexibility index (Phi) is 5.96. The van der Waals surface area contributed by atoms with Gasteiger partial charge in [0.1, 0.15) is 23.3 Å². The molecule has 0 amide bonds. The second-order valence-electron chi connectivity index (χ2n) is 7.63. The summed E-state index contributed by atoms with van der Waals surface area (Å²) in [5.74, 6) is 0.199. The molecule has 0 aliphatic heterocycles. The van der Waals surface area contributed by atoms with Crippen LogP contribution in [0.2, 0.25) is 0 Å². The van der Waals surface area contributed by atoms with Gasteiger partial charge in [-0.2, -0.15) is 5.26 Å². The summed E-state index contributed by atoms with van der Waals surface area (Å²) in [6, 6.07) is 14.6. The third kappa shape index (κ3) is 4.48. The van der Waals surface area contributed by atoms with Gasteiger partial charge in [-0.25, -0.2) is 9.37 Å². The summed E-state index contributed by atoms with van der Waals surface area (Å²) in [6.07, 6.45) is 5.06. The molecule has 0 bridgehead atoms. The van der Waals surface area contributed by atoms with Crippen LogP contribution in [0.15, 0.2) is 72.0 Å². The molecule has 4 rings (SSSR count). The van der Waals surface area contributed by atoms with Gasteiger partial charge in [-0.1, -0.05) is 12.1 Å². The maximum Gasteiger partial charge on any atom is 0.274 e. The first kappa shape index (κ1) is 21.8.